The van der Waals surface area contributed by atoms with Crippen molar-refractivity contribution >= 4 is 23.1 Å². The average molecular weight is 418 g/mol. The third kappa shape index (κ3) is 5.27. The van der Waals surface area contributed by atoms with E-state index in [-0.39, 0.29) is 19.0 Å². The van der Waals surface area contributed by atoms with E-state index >= 15 is 0 Å². The molecule has 0 saturated carbocycles. The molecule has 5 nitrogen and oxygen atoms in total. The van der Waals surface area contributed by atoms with Crippen LogP contribution in [0, 0.1) is 17.5 Å². The molecule has 0 saturated heterocycles. The van der Waals surface area contributed by atoms with Crippen LogP contribution in [0.1, 0.15) is 12.0 Å². The van der Waals surface area contributed by atoms with Crippen molar-refractivity contribution in [3.8, 4) is 0 Å². The number of benzene rings is 2. The first-order chi connectivity index (χ1) is 14.3. The molecule has 8 heteroatoms. The van der Waals surface area contributed by atoms with E-state index in [1.165, 1.54) is 5.57 Å². The lowest BCUT2D eigenvalue weighted by molar-refractivity contribution is -0.862. The van der Waals surface area contributed by atoms with Crippen LogP contribution in [-0.4, -0.2) is 49.9 Å². The van der Waals surface area contributed by atoms with Crippen LogP contribution in [0.4, 0.5) is 18.9 Å². The fourth-order valence-electron chi connectivity index (χ4n) is 3.33. The average Bonchev–Trinajstić information content (AvgIpc) is 2.74. The number of likely N-dealkylation sites (N-methyl/N-ethyl adjacent to an activating group) is 1. The Balaban J connectivity index is 1.49. The summed E-state index contributed by atoms with van der Waals surface area (Å²) >= 11 is 0. The van der Waals surface area contributed by atoms with Gasteiger partial charge in [0.2, 0.25) is 0 Å². The zero-order valence-corrected chi connectivity index (χ0v) is 16.6. The van der Waals surface area contributed by atoms with Crippen molar-refractivity contribution in [3.05, 3.63) is 71.6 Å². The number of amides is 2. The summed E-state index contributed by atoms with van der Waals surface area (Å²) in [5, 5.41) is 2.21. The molecule has 1 aliphatic heterocycles. The van der Waals surface area contributed by atoms with E-state index in [0.717, 1.165) is 24.1 Å². The van der Waals surface area contributed by atoms with Gasteiger partial charge in [-0.25, -0.2) is 13.2 Å². The Morgan fingerprint density at radius 1 is 1.03 bits per heavy atom. The topological polar surface area (TPSA) is 53.9 Å². The van der Waals surface area contributed by atoms with Crippen LogP contribution >= 0.6 is 0 Å². The molecular weight excluding hydrogens is 395 g/mol. The van der Waals surface area contributed by atoms with Gasteiger partial charge in [-0.15, -0.1) is 0 Å². The van der Waals surface area contributed by atoms with E-state index < -0.39 is 29.0 Å². The molecule has 0 spiro atoms. The Kier molecular flexibility index (Phi) is 6.89. The first kappa shape index (κ1) is 21.6. The summed E-state index contributed by atoms with van der Waals surface area (Å²) in [7, 11) is 1.66. The minimum Gasteiger partial charge on any atom is -0.334 e. The van der Waals surface area contributed by atoms with Gasteiger partial charge >= 0.3 is 0 Å². The van der Waals surface area contributed by atoms with Crippen LogP contribution in [0.15, 0.2) is 48.5 Å². The van der Waals surface area contributed by atoms with E-state index in [9.17, 15) is 22.8 Å². The summed E-state index contributed by atoms with van der Waals surface area (Å²) in [4.78, 5) is 26.9. The van der Waals surface area contributed by atoms with Crippen molar-refractivity contribution in [2.75, 3.05) is 38.5 Å². The zero-order chi connectivity index (χ0) is 21.7. The number of hydrogen-bond donors (Lipinski definition) is 2. The summed E-state index contributed by atoms with van der Waals surface area (Å²) in [6.45, 7) is 1.06. The molecule has 3 rings (SSSR count). The van der Waals surface area contributed by atoms with Crippen LogP contribution < -0.4 is 10.2 Å². The number of hydrogen-bond acceptors (Lipinski definition) is 2. The smallest absolute Gasteiger partial charge is 0.279 e. The number of nitrogens with zero attached hydrogens (tertiary/aromatic N) is 1. The van der Waals surface area contributed by atoms with Crippen LogP contribution in [0.25, 0.3) is 5.57 Å². The van der Waals surface area contributed by atoms with Crippen molar-refractivity contribution < 1.29 is 27.7 Å². The van der Waals surface area contributed by atoms with Crippen molar-refractivity contribution in [2.45, 2.75) is 6.42 Å². The van der Waals surface area contributed by atoms with Crippen molar-refractivity contribution in [2.24, 2.45) is 0 Å². The van der Waals surface area contributed by atoms with Crippen LogP contribution in [0.3, 0.4) is 0 Å². The van der Waals surface area contributed by atoms with E-state index in [1.807, 2.05) is 36.4 Å². The van der Waals surface area contributed by atoms with E-state index in [1.54, 1.807) is 11.9 Å². The predicted molar refractivity (Wildman–Crippen MR) is 107 cm³/mol. The van der Waals surface area contributed by atoms with Gasteiger partial charge in [-0.2, -0.15) is 0 Å². The third-order valence-electron chi connectivity index (χ3n) is 4.93. The predicted octanol–water partition coefficient (Wildman–Crippen LogP) is 1.87. The fourth-order valence-corrected chi connectivity index (χ4v) is 3.33. The Hall–Kier alpha value is -3.13. The van der Waals surface area contributed by atoms with E-state index in [0.29, 0.717) is 18.0 Å². The second kappa shape index (κ2) is 9.58. The van der Waals surface area contributed by atoms with Gasteiger partial charge in [0, 0.05) is 13.1 Å². The number of quaternary nitrogens is 1. The Morgan fingerprint density at radius 2 is 1.77 bits per heavy atom. The monoisotopic (exact) mass is 418 g/mol. The second-order valence-electron chi connectivity index (χ2n) is 7.27. The van der Waals surface area contributed by atoms with E-state index in [4.69, 9.17) is 0 Å². The quantitative estimate of drug-likeness (QED) is 0.704. The number of anilines is 1. The van der Waals surface area contributed by atoms with Gasteiger partial charge in [0.25, 0.3) is 11.8 Å². The second-order valence-corrected chi connectivity index (χ2v) is 7.27. The molecule has 0 aromatic heterocycles. The highest BCUT2D eigenvalue weighted by Gasteiger charge is 2.23. The minimum atomic E-state index is -1.64. The molecule has 1 atom stereocenters. The molecule has 158 valence electrons. The summed E-state index contributed by atoms with van der Waals surface area (Å²) < 4.78 is 39.9. The standard InChI is InChI=1S/C22H22F3N3O2/c1-27(13-19(29)26-18-8-7-17(23)21(24)22(18)25)14-20(30)28-11-9-16(10-12-28)15-5-3-2-4-6-15/h2-9H,10-14H2,1H3,(H,26,29)/p+1. The first-order valence-corrected chi connectivity index (χ1v) is 9.62. The molecule has 2 amide bonds. The molecule has 2 N–H and O–H groups in total. The molecule has 0 fully saturated rings. The lowest BCUT2D eigenvalue weighted by Crippen LogP contribution is -3.11. The number of carbonyl (C=O) groups is 2. The van der Waals surface area contributed by atoms with Crippen LogP contribution in [0.2, 0.25) is 0 Å². The molecule has 1 aliphatic rings. The number of halogens is 3. The highest BCUT2D eigenvalue weighted by molar-refractivity contribution is 5.91. The fraction of sp³-hybridized carbons (Fsp3) is 0.273. The van der Waals surface area contributed by atoms with Crippen molar-refractivity contribution in [1.82, 2.24) is 4.90 Å². The number of nitrogens with one attached hydrogen (secondary N) is 2. The van der Waals surface area contributed by atoms with Crippen LogP contribution in [0.5, 0.6) is 0 Å². The summed E-state index contributed by atoms with van der Waals surface area (Å²) in [6, 6.07) is 11.7. The van der Waals surface area contributed by atoms with Gasteiger partial charge in [0.05, 0.1) is 12.7 Å². The maximum atomic E-state index is 13.7. The molecule has 1 unspecified atom stereocenters. The SMILES string of the molecule is C[NH+](CC(=O)Nc1ccc(F)c(F)c1F)CC(=O)N1CC=C(c2ccccc2)CC1. The number of rotatable bonds is 6. The zero-order valence-electron chi connectivity index (χ0n) is 16.6. The van der Waals surface area contributed by atoms with Crippen molar-refractivity contribution in [3.63, 3.8) is 0 Å². The molecule has 1 heterocycles. The highest BCUT2D eigenvalue weighted by atomic mass is 19.2. The maximum Gasteiger partial charge on any atom is 0.279 e. The Bertz CT molecular complexity index is 964. The van der Waals surface area contributed by atoms with Crippen molar-refractivity contribution in [1.29, 1.82) is 0 Å². The Labute approximate surface area is 172 Å². The van der Waals surface area contributed by atoms with Crippen LogP contribution in [-0.2, 0) is 9.59 Å². The normalized spacial score (nSPS) is 14.8. The molecule has 0 bridgehead atoms. The molecular formula is C22H23F3N3O2+. The summed E-state index contributed by atoms with van der Waals surface area (Å²) in [5.74, 6) is -5.12. The minimum absolute atomic E-state index is 0.0855. The first-order valence-electron chi connectivity index (χ1n) is 9.62. The maximum absolute atomic E-state index is 13.7. The largest absolute Gasteiger partial charge is 0.334 e. The molecule has 0 radical (unpaired) electrons. The molecule has 2 aromatic carbocycles. The van der Waals surface area contributed by atoms with Gasteiger partial charge in [0.15, 0.2) is 30.5 Å². The lowest BCUT2D eigenvalue weighted by Gasteiger charge is -2.27. The molecule has 2 aromatic rings. The number of carbonyl (C=O) groups excluding carboxylic acids is 2. The van der Waals surface area contributed by atoms with Gasteiger partial charge in [-0.05, 0) is 29.7 Å². The summed E-state index contributed by atoms with van der Waals surface area (Å²) in [5.41, 5.74) is 1.91. The van der Waals surface area contributed by atoms with Gasteiger partial charge in [-0.3, -0.25) is 9.59 Å². The lowest BCUT2D eigenvalue weighted by atomic mass is 9.99. The Morgan fingerprint density at radius 3 is 2.43 bits per heavy atom. The molecule has 30 heavy (non-hydrogen) atoms. The van der Waals surface area contributed by atoms with Gasteiger partial charge < -0.3 is 15.1 Å². The summed E-state index contributed by atoms with van der Waals surface area (Å²) in [6.07, 6.45) is 2.79. The van der Waals surface area contributed by atoms with E-state index in [2.05, 4.69) is 5.32 Å². The van der Waals surface area contributed by atoms with Gasteiger partial charge in [0.1, 0.15) is 0 Å². The third-order valence-corrected chi connectivity index (χ3v) is 4.93. The van der Waals surface area contributed by atoms with Gasteiger partial charge in [-0.1, -0.05) is 36.4 Å². The molecule has 0 aliphatic carbocycles. The highest BCUT2D eigenvalue weighted by Crippen LogP contribution is 2.22.